The first-order chi connectivity index (χ1) is 19.1. The summed E-state index contributed by atoms with van der Waals surface area (Å²) in [6.45, 7) is 2.90. The molecular formula is C25H29N5O9S. The summed E-state index contributed by atoms with van der Waals surface area (Å²) in [5.41, 5.74) is 4.96. The first-order valence-electron chi connectivity index (χ1n) is 12.6. The minimum Gasteiger partial charge on any atom is -0.479 e. The Morgan fingerprint density at radius 1 is 1.23 bits per heavy atom. The van der Waals surface area contributed by atoms with Crippen LogP contribution in [0.4, 0.5) is 5.82 Å². The molecule has 5 rings (SSSR count). The number of hydrogen-bond acceptors (Lipinski definition) is 13. The molecule has 40 heavy (non-hydrogen) atoms. The van der Waals surface area contributed by atoms with E-state index in [2.05, 4.69) is 4.98 Å². The molecule has 0 saturated carbocycles. The van der Waals surface area contributed by atoms with Crippen molar-refractivity contribution in [2.45, 2.75) is 31.5 Å². The molecule has 3 aromatic rings. The van der Waals surface area contributed by atoms with E-state index in [1.54, 1.807) is 17.6 Å². The van der Waals surface area contributed by atoms with E-state index in [4.69, 9.17) is 20.2 Å². The van der Waals surface area contributed by atoms with Gasteiger partial charge in [0, 0.05) is 49.3 Å². The topological polar surface area (TPSA) is 211 Å². The van der Waals surface area contributed by atoms with Gasteiger partial charge in [0.2, 0.25) is 11.7 Å². The van der Waals surface area contributed by atoms with Crippen molar-refractivity contribution < 1.29 is 39.5 Å². The van der Waals surface area contributed by atoms with Crippen LogP contribution in [0, 0.1) is 17.8 Å². The normalized spacial score (nSPS) is 28.6. The standard InChI is InChI=1S/C25H29N5O9S/c1-11-17(32)19(34)24(38-20(11)22(35)36)39-23(37)15-9-30(25-27-4-5-40-25)21-14(18(15)33)2-3-16(28-21)29-7-12(6-26)13(8-29)10-31/h2-5,9,11-13,17,19-20,24,31-32,34H,6-8,10,26H2,1H3,(H,35,36)/t11?,12-,13+,17?,19?,20?,24?/m0/s1. The van der Waals surface area contributed by atoms with Crippen LogP contribution >= 0.6 is 11.3 Å². The van der Waals surface area contributed by atoms with Gasteiger partial charge in [0.15, 0.2) is 16.9 Å². The number of esters is 1. The molecule has 3 aromatic heterocycles. The van der Waals surface area contributed by atoms with Gasteiger partial charge in [-0.25, -0.2) is 19.6 Å². The summed E-state index contributed by atoms with van der Waals surface area (Å²) >= 11 is 1.23. The number of pyridine rings is 2. The van der Waals surface area contributed by atoms with E-state index in [1.165, 1.54) is 35.1 Å². The number of ether oxygens (including phenoxy) is 2. The zero-order valence-corrected chi connectivity index (χ0v) is 22.2. The second-order valence-corrected chi connectivity index (χ2v) is 10.8. The number of rotatable bonds is 7. The molecule has 2 aliphatic rings. The van der Waals surface area contributed by atoms with E-state index in [-0.39, 0.29) is 29.5 Å². The predicted molar refractivity (Wildman–Crippen MR) is 141 cm³/mol. The van der Waals surface area contributed by atoms with Crippen molar-refractivity contribution in [3.05, 3.63) is 45.7 Å². The second kappa shape index (κ2) is 11.2. The highest BCUT2D eigenvalue weighted by Gasteiger charge is 2.47. The molecule has 0 aliphatic carbocycles. The number of fused-ring (bicyclic) bond motifs is 1. The van der Waals surface area contributed by atoms with E-state index in [0.29, 0.717) is 30.6 Å². The molecule has 0 amide bonds. The lowest BCUT2D eigenvalue weighted by Gasteiger charge is -2.38. The van der Waals surface area contributed by atoms with Gasteiger partial charge in [-0.3, -0.25) is 9.36 Å². The van der Waals surface area contributed by atoms with Gasteiger partial charge in [-0.2, -0.15) is 0 Å². The Morgan fingerprint density at radius 2 is 1.98 bits per heavy atom. The van der Waals surface area contributed by atoms with E-state index in [1.807, 2.05) is 4.90 Å². The van der Waals surface area contributed by atoms with Crippen LogP contribution in [0.2, 0.25) is 0 Å². The number of aliphatic hydroxyl groups is 3. The van der Waals surface area contributed by atoms with Gasteiger partial charge in [-0.1, -0.05) is 6.92 Å². The molecule has 5 heterocycles. The van der Waals surface area contributed by atoms with Crippen LogP contribution < -0.4 is 16.1 Å². The largest absolute Gasteiger partial charge is 0.479 e. The summed E-state index contributed by atoms with van der Waals surface area (Å²) in [6.07, 6.45) is -3.89. The Morgan fingerprint density at radius 3 is 2.60 bits per heavy atom. The number of aliphatic hydroxyl groups excluding tert-OH is 3. The number of carbonyl (C=O) groups excluding carboxylic acids is 1. The quantitative estimate of drug-likeness (QED) is 0.218. The molecule has 0 spiro atoms. The fraction of sp³-hybridized carbons (Fsp3) is 0.480. The molecule has 0 bridgehead atoms. The van der Waals surface area contributed by atoms with Gasteiger partial charge in [0.05, 0.1) is 11.5 Å². The number of carboxylic acid groups (broad SMARTS) is 1. The fourth-order valence-electron chi connectivity index (χ4n) is 5.14. The molecule has 2 fully saturated rings. The lowest BCUT2D eigenvalue weighted by Crippen LogP contribution is -2.57. The second-order valence-electron chi connectivity index (χ2n) is 9.95. The third kappa shape index (κ3) is 4.95. The molecule has 2 saturated heterocycles. The molecule has 15 heteroatoms. The van der Waals surface area contributed by atoms with Gasteiger partial charge in [-0.15, -0.1) is 11.3 Å². The highest BCUT2D eigenvalue weighted by Crippen LogP contribution is 2.30. The van der Waals surface area contributed by atoms with E-state index in [0.717, 1.165) is 0 Å². The molecule has 0 radical (unpaired) electrons. The van der Waals surface area contributed by atoms with E-state index in [9.17, 15) is 34.8 Å². The Labute approximate surface area is 231 Å². The number of hydrogen-bond donors (Lipinski definition) is 5. The average molecular weight is 576 g/mol. The average Bonchev–Trinajstić information content (AvgIpc) is 3.63. The first-order valence-corrected chi connectivity index (χ1v) is 13.5. The van der Waals surface area contributed by atoms with Gasteiger partial charge >= 0.3 is 11.9 Å². The number of anilines is 1. The molecule has 214 valence electrons. The molecule has 6 N–H and O–H groups in total. The van der Waals surface area contributed by atoms with Crippen molar-refractivity contribution in [1.29, 1.82) is 0 Å². The highest BCUT2D eigenvalue weighted by molar-refractivity contribution is 7.12. The third-order valence-corrected chi connectivity index (χ3v) is 8.28. The minimum atomic E-state index is -1.83. The Hall–Kier alpha value is -3.47. The van der Waals surface area contributed by atoms with Crippen LogP contribution in [0.15, 0.2) is 34.7 Å². The SMILES string of the molecule is CC1C(C(=O)O)OC(OC(=O)c2cn(-c3nccs3)c3nc(N4C[C@H](CN)[C@@H](CO)C4)ccc3c2=O)C(O)C1O. The van der Waals surface area contributed by atoms with Crippen molar-refractivity contribution in [2.24, 2.45) is 23.5 Å². The van der Waals surface area contributed by atoms with Crippen LogP contribution in [-0.4, -0.2) is 97.7 Å². The summed E-state index contributed by atoms with van der Waals surface area (Å²) in [5.74, 6) is -2.94. The number of aliphatic carboxylic acids is 1. The summed E-state index contributed by atoms with van der Waals surface area (Å²) in [4.78, 5) is 49.1. The molecule has 7 atom stereocenters. The minimum absolute atomic E-state index is 0.0101. The van der Waals surface area contributed by atoms with Gasteiger partial charge < -0.3 is 40.5 Å². The predicted octanol–water partition coefficient (Wildman–Crippen LogP) is -0.830. The number of nitrogens with zero attached hydrogens (tertiary/aromatic N) is 4. The van der Waals surface area contributed by atoms with Crippen molar-refractivity contribution in [2.75, 3.05) is 31.1 Å². The summed E-state index contributed by atoms with van der Waals surface area (Å²) in [7, 11) is 0. The van der Waals surface area contributed by atoms with Gasteiger partial charge in [0.1, 0.15) is 17.5 Å². The number of carbonyl (C=O) groups is 2. The Bertz CT molecular complexity index is 1450. The van der Waals surface area contributed by atoms with Crippen molar-refractivity contribution in [1.82, 2.24) is 14.5 Å². The Balaban J connectivity index is 1.52. The number of aromatic nitrogens is 3. The maximum absolute atomic E-state index is 13.5. The van der Waals surface area contributed by atoms with Crippen molar-refractivity contribution >= 4 is 40.1 Å². The molecule has 5 unspecified atom stereocenters. The molecule has 14 nitrogen and oxygen atoms in total. The lowest BCUT2D eigenvalue weighted by molar-refractivity contribution is -0.264. The smallest absolute Gasteiger partial charge is 0.346 e. The monoisotopic (exact) mass is 575 g/mol. The van der Waals surface area contributed by atoms with Crippen LogP contribution in [-0.2, 0) is 14.3 Å². The first kappa shape index (κ1) is 28.1. The molecular weight excluding hydrogens is 546 g/mol. The van der Waals surface area contributed by atoms with Gasteiger partial charge in [0.25, 0.3) is 0 Å². The van der Waals surface area contributed by atoms with E-state index >= 15 is 0 Å². The third-order valence-electron chi connectivity index (χ3n) is 7.51. The molecule has 2 aliphatic heterocycles. The fourth-order valence-corrected chi connectivity index (χ4v) is 5.76. The highest BCUT2D eigenvalue weighted by atomic mass is 32.1. The van der Waals surface area contributed by atoms with Crippen molar-refractivity contribution in [3.63, 3.8) is 0 Å². The zero-order chi connectivity index (χ0) is 28.7. The summed E-state index contributed by atoms with van der Waals surface area (Å²) in [5, 5.41) is 42.0. The van der Waals surface area contributed by atoms with Gasteiger partial charge in [-0.05, 0) is 24.6 Å². The van der Waals surface area contributed by atoms with Crippen LogP contribution in [0.1, 0.15) is 17.3 Å². The number of nitrogens with two attached hydrogens (primary N) is 1. The van der Waals surface area contributed by atoms with E-state index < -0.39 is 53.5 Å². The van der Waals surface area contributed by atoms with Crippen molar-refractivity contribution in [3.8, 4) is 5.13 Å². The maximum Gasteiger partial charge on any atom is 0.346 e. The lowest BCUT2D eigenvalue weighted by atomic mass is 9.91. The summed E-state index contributed by atoms with van der Waals surface area (Å²) < 4.78 is 11.9. The zero-order valence-electron chi connectivity index (χ0n) is 21.4. The maximum atomic E-state index is 13.5. The number of carboxylic acids is 1. The van der Waals surface area contributed by atoms with Crippen LogP contribution in [0.25, 0.3) is 16.2 Å². The van der Waals surface area contributed by atoms with Crippen LogP contribution in [0.5, 0.6) is 0 Å². The molecule has 0 aromatic carbocycles. The summed E-state index contributed by atoms with van der Waals surface area (Å²) in [6, 6.07) is 3.17. The number of thiazole rings is 1. The van der Waals surface area contributed by atoms with Crippen LogP contribution in [0.3, 0.4) is 0 Å². The Kier molecular flexibility index (Phi) is 7.85.